The highest BCUT2D eigenvalue weighted by Crippen LogP contribution is 2.30. The number of carbonyl (C=O) groups excluding carboxylic acids is 1. The fraction of sp³-hybridized carbons (Fsp3) is 0.529. The Hall–Kier alpha value is -2.44. The summed E-state index contributed by atoms with van der Waals surface area (Å²) in [6.45, 7) is 6.82. The summed E-state index contributed by atoms with van der Waals surface area (Å²) in [7, 11) is 0. The van der Waals surface area contributed by atoms with Crippen LogP contribution in [-0.4, -0.2) is 43.3 Å². The number of ether oxygens (including phenoxy) is 1. The number of amides is 1. The van der Waals surface area contributed by atoms with Gasteiger partial charge in [0.05, 0.1) is 12.6 Å². The van der Waals surface area contributed by atoms with E-state index in [0.717, 1.165) is 18.4 Å². The molecule has 2 heterocycles. The molecule has 0 spiro atoms. The fourth-order valence-corrected chi connectivity index (χ4v) is 2.78. The number of hydrogen-bond acceptors (Lipinski definition) is 5. The standard InChI is InChI=1S/C17H23N5O2/c1-17(2,3)24-16(23)21-11-7-10-14(21)15-18-20-22(19-15)12-13-8-5-4-6-9-13/h4-6,8-9,14H,7,10-12H2,1-3H3/t14-/m0/s1. The van der Waals surface area contributed by atoms with E-state index in [4.69, 9.17) is 4.74 Å². The number of likely N-dealkylation sites (tertiary alicyclic amines) is 1. The molecular formula is C17H23N5O2. The minimum Gasteiger partial charge on any atom is -0.444 e. The summed E-state index contributed by atoms with van der Waals surface area (Å²) >= 11 is 0. The molecular weight excluding hydrogens is 306 g/mol. The first-order valence-electron chi connectivity index (χ1n) is 8.24. The first-order valence-corrected chi connectivity index (χ1v) is 8.24. The molecule has 0 unspecified atom stereocenters. The molecule has 7 nitrogen and oxygen atoms in total. The first-order chi connectivity index (χ1) is 11.4. The third kappa shape index (κ3) is 3.90. The Morgan fingerprint density at radius 2 is 2.04 bits per heavy atom. The highest BCUT2D eigenvalue weighted by Gasteiger charge is 2.35. The van der Waals surface area contributed by atoms with Gasteiger partial charge in [0.25, 0.3) is 0 Å². The lowest BCUT2D eigenvalue weighted by molar-refractivity contribution is 0.0218. The van der Waals surface area contributed by atoms with Crippen molar-refractivity contribution in [2.24, 2.45) is 0 Å². The van der Waals surface area contributed by atoms with E-state index in [-0.39, 0.29) is 12.1 Å². The Bertz CT molecular complexity index is 693. The van der Waals surface area contributed by atoms with Crippen LogP contribution < -0.4 is 0 Å². The van der Waals surface area contributed by atoms with E-state index in [1.807, 2.05) is 51.1 Å². The summed E-state index contributed by atoms with van der Waals surface area (Å²) in [5.74, 6) is 0.578. The van der Waals surface area contributed by atoms with Crippen molar-refractivity contribution < 1.29 is 9.53 Å². The number of hydrogen-bond donors (Lipinski definition) is 0. The molecule has 7 heteroatoms. The predicted molar refractivity (Wildman–Crippen MR) is 88.3 cm³/mol. The zero-order valence-electron chi connectivity index (χ0n) is 14.3. The summed E-state index contributed by atoms with van der Waals surface area (Å²) in [4.78, 5) is 15.6. The van der Waals surface area contributed by atoms with Gasteiger partial charge >= 0.3 is 6.09 Å². The van der Waals surface area contributed by atoms with Gasteiger partial charge in [0.1, 0.15) is 5.60 Å². The van der Waals surface area contributed by atoms with Gasteiger partial charge in [-0.15, -0.1) is 10.2 Å². The number of carbonyl (C=O) groups is 1. The summed E-state index contributed by atoms with van der Waals surface area (Å²) in [6, 6.07) is 9.81. The summed E-state index contributed by atoms with van der Waals surface area (Å²) in [5, 5.41) is 12.7. The van der Waals surface area contributed by atoms with Crippen molar-refractivity contribution in [2.45, 2.75) is 51.8 Å². The van der Waals surface area contributed by atoms with E-state index in [1.54, 1.807) is 9.70 Å². The second-order valence-corrected chi connectivity index (χ2v) is 7.00. The quantitative estimate of drug-likeness (QED) is 0.866. The highest BCUT2D eigenvalue weighted by atomic mass is 16.6. The Balaban J connectivity index is 1.70. The summed E-state index contributed by atoms with van der Waals surface area (Å²) in [5.41, 5.74) is 0.597. The molecule has 1 atom stereocenters. The lowest BCUT2D eigenvalue weighted by Crippen LogP contribution is -2.36. The van der Waals surface area contributed by atoms with Crippen molar-refractivity contribution >= 4 is 6.09 Å². The van der Waals surface area contributed by atoms with Crippen molar-refractivity contribution in [3.63, 3.8) is 0 Å². The summed E-state index contributed by atoms with van der Waals surface area (Å²) < 4.78 is 5.48. The van der Waals surface area contributed by atoms with Gasteiger partial charge in [-0.1, -0.05) is 30.3 Å². The van der Waals surface area contributed by atoms with Crippen LogP contribution in [0.25, 0.3) is 0 Å². The Morgan fingerprint density at radius 1 is 1.29 bits per heavy atom. The van der Waals surface area contributed by atoms with Gasteiger partial charge in [-0.05, 0) is 44.4 Å². The average Bonchev–Trinajstić information content (AvgIpc) is 3.15. The van der Waals surface area contributed by atoms with Gasteiger partial charge in [-0.25, -0.2) is 4.79 Å². The van der Waals surface area contributed by atoms with Crippen LogP contribution in [-0.2, 0) is 11.3 Å². The van der Waals surface area contributed by atoms with Gasteiger partial charge in [0.15, 0.2) is 5.82 Å². The lowest BCUT2D eigenvalue weighted by Gasteiger charge is -2.27. The maximum atomic E-state index is 12.4. The van der Waals surface area contributed by atoms with Crippen LogP contribution in [0.4, 0.5) is 4.79 Å². The van der Waals surface area contributed by atoms with Crippen LogP contribution in [0.1, 0.15) is 51.0 Å². The monoisotopic (exact) mass is 329 g/mol. The molecule has 2 aromatic rings. The minimum absolute atomic E-state index is 0.163. The largest absolute Gasteiger partial charge is 0.444 e. The highest BCUT2D eigenvalue weighted by molar-refractivity contribution is 5.69. The Labute approximate surface area is 141 Å². The molecule has 1 saturated heterocycles. The molecule has 1 aromatic carbocycles. The van der Waals surface area contributed by atoms with Crippen molar-refractivity contribution in [1.29, 1.82) is 0 Å². The van der Waals surface area contributed by atoms with E-state index in [9.17, 15) is 4.79 Å². The van der Waals surface area contributed by atoms with Crippen LogP contribution >= 0.6 is 0 Å². The normalized spacial score (nSPS) is 18.0. The molecule has 0 aliphatic carbocycles. The second kappa shape index (κ2) is 6.59. The molecule has 0 saturated carbocycles. The topological polar surface area (TPSA) is 73.1 Å². The third-order valence-corrected chi connectivity index (χ3v) is 3.81. The maximum Gasteiger partial charge on any atom is 0.410 e. The van der Waals surface area contributed by atoms with Gasteiger partial charge in [-0.2, -0.15) is 4.80 Å². The lowest BCUT2D eigenvalue weighted by atomic mass is 10.2. The van der Waals surface area contributed by atoms with E-state index < -0.39 is 5.60 Å². The van der Waals surface area contributed by atoms with E-state index >= 15 is 0 Å². The smallest absolute Gasteiger partial charge is 0.410 e. The molecule has 1 fully saturated rings. The van der Waals surface area contributed by atoms with Crippen molar-refractivity contribution in [2.75, 3.05) is 6.54 Å². The number of rotatable bonds is 3. The molecule has 128 valence electrons. The van der Waals surface area contributed by atoms with Gasteiger partial charge in [0, 0.05) is 6.54 Å². The van der Waals surface area contributed by atoms with Gasteiger partial charge < -0.3 is 4.74 Å². The summed E-state index contributed by atoms with van der Waals surface area (Å²) in [6.07, 6.45) is 1.43. The van der Waals surface area contributed by atoms with Crippen molar-refractivity contribution in [3.05, 3.63) is 41.7 Å². The minimum atomic E-state index is -0.511. The SMILES string of the molecule is CC(C)(C)OC(=O)N1CCC[C@H]1c1nnn(Cc2ccccc2)n1. The molecule has 24 heavy (non-hydrogen) atoms. The zero-order valence-corrected chi connectivity index (χ0v) is 14.3. The van der Waals surface area contributed by atoms with Crippen molar-refractivity contribution in [3.8, 4) is 0 Å². The van der Waals surface area contributed by atoms with E-state index in [2.05, 4.69) is 15.4 Å². The first kappa shape index (κ1) is 16.4. The Kier molecular flexibility index (Phi) is 4.51. The van der Waals surface area contributed by atoms with E-state index in [1.165, 1.54) is 0 Å². The molecule has 0 N–H and O–H groups in total. The average molecular weight is 329 g/mol. The van der Waals surface area contributed by atoms with Crippen LogP contribution in [0.15, 0.2) is 30.3 Å². The van der Waals surface area contributed by atoms with Gasteiger partial charge in [-0.3, -0.25) is 4.90 Å². The molecule has 1 amide bonds. The molecule has 0 radical (unpaired) electrons. The van der Waals surface area contributed by atoms with E-state index in [0.29, 0.717) is 18.9 Å². The molecule has 1 aromatic heterocycles. The second-order valence-electron chi connectivity index (χ2n) is 7.00. The fourth-order valence-electron chi connectivity index (χ4n) is 2.78. The van der Waals surface area contributed by atoms with Gasteiger partial charge in [0.2, 0.25) is 0 Å². The van der Waals surface area contributed by atoms with Crippen LogP contribution in [0.5, 0.6) is 0 Å². The molecule has 0 bridgehead atoms. The predicted octanol–water partition coefficient (Wildman–Crippen LogP) is 2.79. The molecule has 1 aliphatic heterocycles. The third-order valence-electron chi connectivity index (χ3n) is 3.81. The van der Waals surface area contributed by atoms with Crippen LogP contribution in [0.2, 0.25) is 0 Å². The zero-order chi connectivity index (χ0) is 17.2. The number of tetrazole rings is 1. The van der Waals surface area contributed by atoms with Crippen molar-refractivity contribution in [1.82, 2.24) is 25.1 Å². The number of nitrogens with zero attached hydrogens (tertiary/aromatic N) is 5. The maximum absolute atomic E-state index is 12.4. The Morgan fingerprint density at radius 3 is 2.75 bits per heavy atom. The molecule has 3 rings (SSSR count). The number of aromatic nitrogens is 4. The number of benzene rings is 1. The van der Waals surface area contributed by atoms with Crippen LogP contribution in [0, 0.1) is 0 Å². The van der Waals surface area contributed by atoms with Crippen LogP contribution in [0.3, 0.4) is 0 Å². The molecule has 1 aliphatic rings.